The van der Waals surface area contributed by atoms with Gasteiger partial charge in [0.25, 0.3) is 0 Å². The molecular formula is C10H10FNO5. The molecule has 6 nitrogen and oxygen atoms in total. The van der Waals surface area contributed by atoms with Crippen molar-refractivity contribution in [3.63, 3.8) is 0 Å². The van der Waals surface area contributed by atoms with E-state index in [-0.39, 0.29) is 12.2 Å². The van der Waals surface area contributed by atoms with Crippen molar-refractivity contribution < 1.29 is 23.6 Å². The Labute approximate surface area is 96.1 Å². The van der Waals surface area contributed by atoms with Gasteiger partial charge in [-0.1, -0.05) is 0 Å². The normalized spacial score (nSPS) is 9.82. The molecule has 0 aromatic heterocycles. The Hall–Kier alpha value is -2.18. The lowest BCUT2D eigenvalue weighted by Crippen LogP contribution is -2.07. The highest BCUT2D eigenvalue weighted by atomic mass is 19.1. The zero-order valence-electron chi connectivity index (χ0n) is 9.23. The van der Waals surface area contributed by atoms with Crippen molar-refractivity contribution in [3.8, 4) is 5.75 Å². The SMILES string of the molecule is CCOC(=O)c1cc(F)c(OC)c([N+](=O)[O-])c1. The molecule has 1 aromatic rings. The third kappa shape index (κ3) is 2.68. The van der Waals surface area contributed by atoms with Crippen molar-refractivity contribution in [2.75, 3.05) is 13.7 Å². The largest absolute Gasteiger partial charge is 0.488 e. The first-order valence-corrected chi connectivity index (χ1v) is 4.70. The molecule has 92 valence electrons. The van der Waals surface area contributed by atoms with Gasteiger partial charge in [-0.05, 0) is 13.0 Å². The van der Waals surface area contributed by atoms with Crippen LogP contribution in [0.5, 0.6) is 5.75 Å². The molecule has 0 bridgehead atoms. The highest BCUT2D eigenvalue weighted by molar-refractivity contribution is 5.90. The summed E-state index contributed by atoms with van der Waals surface area (Å²) in [5.74, 6) is -2.31. The number of carbonyl (C=O) groups excluding carboxylic acids is 1. The highest BCUT2D eigenvalue weighted by Gasteiger charge is 2.23. The first kappa shape index (κ1) is 12.9. The van der Waals surface area contributed by atoms with E-state index in [1.807, 2.05) is 0 Å². The van der Waals surface area contributed by atoms with Crippen LogP contribution in [0.4, 0.5) is 10.1 Å². The van der Waals surface area contributed by atoms with Crippen molar-refractivity contribution in [3.05, 3.63) is 33.6 Å². The van der Waals surface area contributed by atoms with Crippen LogP contribution in [-0.2, 0) is 4.74 Å². The predicted octanol–water partition coefficient (Wildman–Crippen LogP) is 1.92. The molecule has 0 aliphatic heterocycles. The van der Waals surface area contributed by atoms with Crippen LogP contribution in [0.15, 0.2) is 12.1 Å². The molecule has 0 spiro atoms. The van der Waals surface area contributed by atoms with Gasteiger partial charge in [-0.15, -0.1) is 0 Å². The maximum absolute atomic E-state index is 13.4. The number of ether oxygens (including phenoxy) is 2. The first-order valence-electron chi connectivity index (χ1n) is 4.70. The van der Waals surface area contributed by atoms with Gasteiger partial charge >= 0.3 is 11.7 Å². The summed E-state index contributed by atoms with van der Waals surface area (Å²) < 4.78 is 22.6. The fraction of sp³-hybridized carbons (Fsp3) is 0.300. The van der Waals surface area contributed by atoms with Gasteiger partial charge in [0.1, 0.15) is 0 Å². The minimum Gasteiger partial charge on any atom is -0.488 e. The summed E-state index contributed by atoms with van der Waals surface area (Å²) in [4.78, 5) is 21.2. The number of halogens is 1. The summed E-state index contributed by atoms with van der Waals surface area (Å²) in [5, 5.41) is 10.7. The molecule has 0 radical (unpaired) electrons. The van der Waals surface area contributed by atoms with Gasteiger partial charge in [0.2, 0.25) is 5.75 Å². The van der Waals surface area contributed by atoms with E-state index >= 15 is 0 Å². The third-order valence-corrected chi connectivity index (χ3v) is 1.94. The Balaban J connectivity index is 3.29. The molecule has 17 heavy (non-hydrogen) atoms. The molecule has 0 saturated carbocycles. The van der Waals surface area contributed by atoms with Crippen LogP contribution in [0.3, 0.4) is 0 Å². The summed E-state index contributed by atoms with van der Waals surface area (Å²) in [5.41, 5.74) is -0.840. The lowest BCUT2D eigenvalue weighted by atomic mass is 10.2. The van der Waals surface area contributed by atoms with Crippen molar-refractivity contribution >= 4 is 11.7 Å². The van der Waals surface area contributed by atoms with Crippen LogP contribution in [-0.4, -0.2) is 24.6 Å². The molecule has 0 fully saturated rings. The van der Waals surface area contributed by atoms with Gasteiger partial charge in [-0.25, -0.2) is 9.18 Å². The topological polar surface area (TPSA) is 78.7 Å². The Kier molecular flexibility index (Phi) is 3.97. The van der Waals surface area contributed by atoms with E-state index in [2.05, 4.69) is 9.47 Å². The van der Waals surface area contributed by atoms with E-state index in [1.165, 1.54) is 0 Å². The zero-order chi connectivity index (χ0) is 13.0. The first-order chi connectivity index (χ1) is 8.01. The number of rotatable bonds is 4. The molecule has 7 heteroatoms. The summed E-state index contributed by atoms with van der Waals surface area (Å²) in [6.07, 6.45) is 0. The van der Waals surface area contributed by atoms with Gasteiger partial charge in [0.05, 0.1) is 24.2 Å². The van der Waals surface area contributed by atoms with Gasteiger partial charge in [0.15, 0.2) is 5.82 Å². The molecule has 1 aromatic carbocycles. The molecule has 0 aliphatic rings. The molecule has 0 atom stereocenters. The van der Waals surface area contributed by atoms with E-state index in [4.69, 9.17) is 0 Å². The smallest absolute Gasteiger partial charge is 0.338 e. The molecular weight excluding hydrogens is 233 g/mol. The fourth-order valence-corrected chi connectivity index (χ4v) is 1.25. The third-order valence-electron chi connectivity index (χ3n) is 1.94. The Bertz CT molecular complexity index is 460. The molecule has 0 unspecified atom stereocenters. The number of nitro groups is 1. The van der Waals surface area contributed by atoms with Gasteiger partial charge < -0.3 is 9.47 Å². The number of nitro benzene ring substituents is 1. The van der Waals surface area contributed by atoms with Gasteiger partial charge in [-0.3, -0.25) is 10.1 Å². The average Bonchev–Trinajstić information content (AvgIpc) is 2.28. The highest BCUT2D eigenvalue weighted by Crippen LogP contribution is 2.31. The molecule has 1 rings (SSSR count). The standard InChI is InChI=1S/C10H10FNO5/c1-3-17-10(13)6-4-7(11)9(16-2)8(5-6)12(14)15/h4-5H,3H2,1-2H3. The summed E-state index contributed by atoms with van der Waals surface area (Å²) in [7, 11) is 1.11. The number of esters is 1. The van der Waals surface area contributed by atoms with E-state index in [1.54, 1.807) is 6.92 Å². The number of nitrogens with zero attached hydrogens (tertiary/aromatic N) is 1. The molecule has 0 aliphatic carbocycles. The van der Waals surface area contributed by atoms with Crippen LogP contribution in [0.2, 0.25) is 0 Å². The number of benzene rings is 1. The maximum atomic E-state index is 13.4. The second-order valence-corrected chi connectivity index (χ2v) is 2.99. The second kappa shape index (κ2) is 5.24. The minimum atomic E-state index is -0.982. The minimum absolute atomic E-state index is 0.0975. The molecule has 0 amide bonds. The Morgan fingerprint density at radius 1 is 1.53 bits per heavy atom. The van der Waals surface area contributed by atoms with Crippen molar-refractivity contribution in [1.82, 2.24) is 0 Å². The quantitative estimate of drug-likeness (QED) is 0.458. The van der Waals surface area contributed by atoms with Gasteiger partial charge in [0, 0.05) is 6.07 Å². The van der Waals surface area contributed by atoms with E-state index in [0.717, 1.165) is 19.2 Å². The fourth-order valence-electron chi connectivity index (χ4n) is 1.25. The summed E-state index contributed by atoms with van der Waals surface area (Å²) in [6, 6.07) is 1.75. The van der Waals surface area contributed by atoms with Crippen LogP contribution >= 0.6 is 0 Å². The number of methoxy groups -OCH3 is 1. The maximum Gasteiger partial charge on any atom is 0.338 e. The monoisotopic (exact) mass is 243 g/mol. The lowest BCUT2D eigenvalue weighted by Gasteiger charge is -2.06. The Morgan fingerprint density at radius 3 is 2.65 bits per heavy atom. The van der Waals surface area contributed by atoms with Gasteiger partial charge in [-0.2, -0.15) is 0 Å². The van der Waals surface area contributed by atoms with Crippen molar-refractivity contribution in [1.29, 1.82) is 0 Å². The van der Waals surface area contributed by atoms with E-state index in [9.17, 15) is 19.3 Å². The van der Waals surface area contributed by atoms with Crippen LogP contribution < -0.4 is 4.74 Å². The summed E-state index contributed by atoms with van der Waals surface area (Å²) >= 11 is 0. The molecule has 0 heterocycles. The number of hydrogen-bond donors (Lipinski definition) is 0. The number of carbonyl (C=O) groups is 1. The Morgan fingerprint density at radius 2 is 2.18 bits per heavy atom. The molecule has 0 N–H and O–H groups in total. The second-order valence-electron chi connectivity index (χ2n) is 2.99. The van der Waals surface area contributed by atoms with Crippen LogP contribution in [0, 0.1) is 15.9 Å². The van der Waals surface area contributed by atoms with Crippen LogP contribution in [0.1, 0.15) is 17.3 Å². The summed E-state index contributed by atoms with van der Waals surface area (Å²) in [6.45, 7) is 1.67. The van der Waals surface area contributed by atoms with Crippen molar-refractivity contribution in [2.45, 2.75) is 6.92 Å². The average molecular weight is 243 g/mol. The van der Waals surface area contributed by atoms with Crippen molar-refractivity contribution in [2.24, 2.45) is 0 Å². The zero-order valence-corrected chi connectivity index (χ0v) is 9.23. The lowest BCUT2D eigenvalue weighted by molar-refractivity contribution is -0.386. The van der Waals surface area contributed by atoms with Crippen LogP contribution in [0.25, 0.3) is 0 Å². The van der Waals surface area contributed by atoms with E-state index in [0.29, 0.717) is 0 Å². The number of hydrogen-bond acceptors (Lipinski definition) is 5. The molecule has 0 saturated heterocycles. The van der Waals surface area contributed by atoms with E-state index < -0.39 is 28.1 Å². The predicted molar refractivity (Wildman–Crippen MR) is 55.6 cm³/mol.